The summed E-state index contributed by atoms with van der Waals surface area (Å²) < 4.78 is 2.59. The predicted molar refractivity (Wildman–Crippen MR) is 97.7 cm³/mol. The van der Waals surface area contributed by atoms with E-state index in [0.29, 0.717) is 23.0 Å². The van der Waals surface area contributed by atoms with E-state index in [2.05, 4.69) is 30.7 Å². The van der Waals surface area contributed by atoms with Gasteiger partial charge in [-0.05, 0) is 31.2 Å². The fourth-order valence-electron chi connectivity index (χ4n) is 2.96. The van der Waals surface area contributed by atoms with Crippen LogP contribution in [0.2, 0.25) is 0 Å². The second kappa shape index (κ2) is 6.88. The van der Waals surface area contributed by atoms with Crippen LogP contribution in [-0.4, -0.2) is 56.5 Å². The molecule has 0 radical (unpaired) electrons. The Morgan fingerprint density at radius 2 is 1.79 bits per heavy atom. The van der Waals surface area contributed by atoms with E-state index >= 15 is 0 Å². The normalized spacial score (nSPS) is 13.8. The summed E-state index contributed by atoms with van der Waals surface area (Å²) in [5, 5.41) is 29.2. The first-order chi connectivity index (χ1) is 13.5. The van der Waals surface area contributed by atoms with Crippen molar-refractivity contribution in [2.75, 3.05) is 6.61 Å². The lowest BCUT2D eigenvalue weighted by Gasteiger charge is -2.14. The first-order valence-electron chi connectivity index (χ1n) is 8.61. The third-order valence-corrected chi connectivity index (χ3v) is 4.56. The lowest BCUT2D eigenvalue weighted by molar-refractivity contribution is 0.223. The SMILES string of the molecule is C[C@H](Cn1ncnn1)n1cnc2cc3c(=O)n([C@H](C)CO)nnc3cc2c1=O. The highest BCUT2D eigenvalue weighted by molar-refractivity contribution is 5.93. The highest BCUT2D eigenvalue weighted by atomic mass is 16.3. The molecule has 0 amide bonds. The van der Waals surface area contributed by atoms with Crippen molar-refractivity contribution in [2.24, 2.45) is 0 Å². The largest absolute Gasteiger partial charge is 0.394 e. The summed E-state index contributed by atoms with van der Waals surface area (Å²) in [7, 11) is 0. The van der Waals surface area contributed by atoms with Crippen LogP contribution in [-0.2, 0) is 6.54 Å². The minimum absolute atomic E-state index is 0.241. The van der Waals surface area contributed by atoms with Crippen LogP contribution in [0.1, 0.15) is 25.9 Å². The number of aromatic nitrogens is 9. The molecule has 0 saturated heterocycles. The minimum atomic E-state index is -0.507. The number of nitrogens with zero attached hydrogens (tertiary/aromatic N) is 9. The molecule has 3 aromatic heterocycles. The van der Waals surface area contributed by atoms with Gasteiger partial charge in [0.15, 0.2) is 6.33 Å². The monoisotopic (exact) mass is 383 g/mol. The summed E-state index contributed by atoms with van der Waals surface area (Å²) in [5.74, 6) is 0. The summed E-state index contributed by atoms with van der Waals surface area (Å²) in [6.45, 7) is 3.61. The van der Waals surface area contributed by atoms with Crippen molar-refractivity contribution >= 4 is 21.8 Å². The quantitative estimate of drug-likeness (QED) is 0.442. The Morgan fingerprint density at radius 1 is 1.04 bits per heavy atom. The zero-order valence-electron chi connectivity index (χ0n) is 15.2. The van der Waals surface area contributed by atoms with Gasteiger partial charge in [0.2, 0.25) is 0 Å². The van der Waals surface area contributed by atoms with Crippen LogP contribution in [0, 0.1) is 0 Å². The van der Waals surface area contributed by atoms with Crippen LogP contribution in [0.15, 0.2) is 34.4 Å². The van der Waals surface area contributed by atoms with Crippen molar-refractivity contribution in [1.29, 1.82) is 0 Å². The highest BCUT2D eigenvalue weighted by Crippen LogP contribution is 2.16. The smallest absolute Gasteiger partial charge is 0.278 e. The zero-order valence-corrected chi connectivity index (χ0v) is 15.2. The molecular formula is C16H17N9O3. The molecule has 2 atom stereocenters. The van der Waals surface area contributed by atoms with Crippen molar-refractivity contribution in [3.05, 3.63) is 45.5 Å². The van der Waals surface area contributed by atoms with E-state index in [1.54, 1.807) is 6.92 Å². The van der Waals surface area contributed by atoms with E-state index in [1.165, 1.54) is 34.2 Å². The average molecular weight is 383 g/mol. The van der Waals surface area contributed by atoms with Gasteiger partial charge in [0.25, 0.3) is 11.1 Å². The van der Waals surface area contributed by atoms with Gasteiger partial charge < -0.3 is 5.11 Å². The second-order valence-corrected chi connectivity index (χ2v) is 6.55. The molecule has 12 nitrogen and oxygen atoms in total. The zero-order chi connectivity index (χ0) is 19.8. The van der Waals surface area contributed by atoms with E-state index in [-0.39, 0.29) is 23.6 Å². The standard InChI is InChI=1S/C16H17N9O3/c1-9(5-24-19-7-18-21-24)23-8-17-13-3-12-14(4-11(13)15(23)27)20-22-25(16(12)28)10(2)6-26/h3-4,7-10,26H,5-6H2,1-2H3/t9-,10-/m1/s1. The fourth-order valence-corrected chi connectivity index (χ4v) is 2.96. The Labute approximate surface area is 157 Å². The minimum Gasteiger partial charge on any atom is -0.394 e. The summed E-state index contributed by atoms with van der Waals surface area (Å²) in [6, 6.07) is 2.27. The van der Waals surface area contributed by atoms with Crippen LogP contribution < -0.4 is 11.1 Å². The molecule has 1 aromatic carbocycles. The van der Waals surface area contributed by atoms with Crippen molar-refractivity contribution in [3.8, 4) is 0 Å². The number of hydrogen-bond acceptors (Lipinski definition) is 9. The number of rotatable bonds is 5. The molecule has 0 aliphatic carbocycles. The van der Waals surface area contributed by atoms with E-state index in [1.807, 2.05) is 6.92 Å². The van der Waals surface area contributed by atoms with Crippen molar-refractivity contribution < 1.29 is 5.11 Å². The maximum Gasteiger partial charge on any atom is 0.278 e. The maximum absolute atomic E-state index is 12.9. The van der Waals surface area contributed by atoms with Gasteiger partial charge in [-0.3, -0.25) is 14.2 Å². The van der Waals surface area contributed by atoms with Crippen LogP contribution in [0.25, 0.3) is 21.8 Å². The van der Waals surface area contributed by atoms with Crippen LogP contribution in [0.3, 0.4) is 0 Å². The third-order valence-electron chi connectivity index (χ3n) is 4.56. The average Bonchev–Trinajstić information content (AvgIpc) is 3.20. The molecular weight excluding hydrogens is 366 g/mol. The van der Waals surface area contributed by atoms with Crippen LogP contribution in [0.4, 0.5) is 0 Å². The molecule has 1 N–H and O–H groups in total. The second-order valence-electron chi connectivity index (χ2n) is 6.55. The molecule has 0 bridgehead atoms. The molecule has 144 valence electrons. The molecule has 0 aliphatic heterocycles. The summed E-state index contributed by atoms with van der Waals surface area (Å²) in [6.07, 6.45) is 2.75. The Kier molecular flexibility index (Phi) is 4.39. The molecule has 0 aliphatic rings. The number of fused-ring (bicyclic) bond motifs is 2. The van der Waals surface area contributed by atoms with E-state index in [9.17, 15) is 14.7 Å². The summed E-state index contributed by atoms with van der Waals surface area (Å²) >= 11 is 0. The Balaban J connectivity index is 1.83. The molecule has 0 unspecified atom stereocenters. The third kappa shape index (κ3) is 2.93. The van der Waals surface area contributed by atoms with Gasteiger partial charge in [-0.2, -0.15) is 4.80 Å². The number of aliphatic hydroxyl groups excluding tert-OH is 1. The first kappa shape index (κ1) is 17.9. The van der Waals surface area contributed by atoms with Gasteiger partial charge >= 0.3 is 0 Å². The Morgan fingerprint density at radius 3 is 2.50 bits per heavy atom. The molecule has 3 heterocycles. The number of benzene rings is 1. The van der Waals surface area contributed by atoms with Gasteiger partial charge in [0.1, 0.15) is 5.52 Å². The molecule has 0 spiro atoms. The highest BCUT2D eigenvalue weighted by Gasteiger charge is 2.16. The summed E-state index contributed by atoms with van der Waals surface area (Å²) in [4.78, 5) is 31.3. The first-order valence-corrected chi connectivity index (χ1v) is 8.61. The molecule has 0 fully saturated rings. The lowest BCUT2D eigenvalue weighted by Crippen LogP contribution is -2.29. The van der Waals surface area contributed by atoms with E-state index in [4.69, 9.17) is 0 Å². The Bertz CT molecular complexity index is 1260. The fraction of sp³-hybridized carbons (Fsp3) is 0.375. The lowest BCUT2D eigenvalue weighted by atomic mass is 10.1. The van der Waals surface area contributed by atoms with Crippen molar-refractivity contribution in [1.82, 2.24) is 44.8 Å². The molecule has 0 saturated carbocycles. The number of hydrogen-bond donors (Lipinski definition) is 1. The predicted octanol–water partition coefficient (Wildman–Crippen LogP) is -0.698. The van der Waals surface area contributed by atoms with Crippen LogP contribution >= 0.6 is 0 Å². The van der Waals surface area contributed by atoms with Crippen molar-refractivity contribution in [2.45, 2.75) is 32.5 Å². The topological polar surface area (TPSA) is 146 Å². The van der Waals surface area contributed by atoms with Crippen molar-refractivity contribution in [3.63, 3.8) is 0 Å². The molecule has 28 heavy (non-hydrogen) atoms. The summed E-state index contributed by atoms with van der Waals surface area (Å²) in [5.41, 5.74) is 0.00791. The Hall–Kier alpha value is -3.54. The van der Waals surface area contributed by atoms with Crippen LogP contribution in [0.5, 0.6) is 0 Å². The van der Waals surface area contributed by atoms with Gasteiger partial charge in [-0.1, -0.05) is 5.21 Å². The van der Waals surface area contributed by atoms with Gasteiger partial charge in [0.05, 0.1) is 47.9 Å². The number of tetrazole rings is 1. The van der Waals surface area contributed by atoms with E-state index < -0.39 is 11.6 Å². The molecule has 4 aromatic rings. The van der Waals surface area contributed by atoms with E-state index in [0.717, 1.165) is 4.68 Å². The van der Waals surface area contributed by atoms with Gasteiger partial charge in [0, 0.05) is 0 Å². The molecule has 12 heteroatoms. The van der Waals surface area contributed by atoms with Gasteiger partial charge in [-0.15, -0.1) is 15.3 Å². The van der Waals surface area contributed by atoms with Gasteiger partial charge in [-0.25, -0.2) is 9.67 Å². The molecule has 4 rings (SSSR count). The maximum atomic E-state index is 12.9. The number of aliphatic hydroxyl groups is 1.